The maximum atomic E-state index is 6.04. The molecule has 138 valence electrons. The van der Waals surface area contributed by atoms with Crippen LogP contribution in [-0.4, -0.2) is 47.0 Å². The monoisotopic (exact) mass is 354 g/mol. The predicted octanol–water partition coefficient (Wildman–Crippen LogP) is 2.44. The zero-order valence-electron chi connectivity index (χ0n) is 15.1. The molecule has 2 aromatic heterocycles. The first-order valence-electron chi connectivity index (χ1n) is 9.51. The minimum Gasteiger partial charge on any atom is -0.472 e. The van der Waals surface area contributed by atoms with Crippen LogP contribution in [0.4, 0.5) is 5.95 Å². The standard InChI is InChI=1S/C19H26N6O/c20-18(21-8-4-11-25-9-1-2-10-25)24-19-22-16-6-3-5-15(16)17(23-19)14-7-12-26-13-14/h7,12-13H,1-6,8-11H2,(H3,20,21,22,23,24). The zero-order valence-corrected chi connectivity index (χ0v) is 15.1. The molecular formula is C19H26N6O. The Bertz CT molecular complexity index is 765. The molecule has 3 N–H and O–H groups in total. The molecule has 0 radical (unpaired) electrons. The summed E-state index contributed by atoms with van der Waals surface area (Å²) in [7, 11) is 0. The number of rotatable bonds is 6. The van der Waals surface area contributed by atoms with E-state index in [0.717, 1.165) is 55.7 Å². The van der Waals surface area contributed by atoms with Crippen LogP contribution in [0.15, 0.2) is 28.0 Å². The van der Waals surface area contributed by atoms with E-state index in [4.69, 9.17) is 10.2 Å². The van der Waals surface area contributed by atoms with Gasteiger partial charge in [-0.15, -0.1) is 0 Å². The largest absolute Gasteiger partial charge is 0.472 e. The van der Waals surface area contributed by atoms with Gasteiger partial charge in [-0.2, -0.15) is 0 Å². The maximum Gasteiger partial charge on any atom is 0.230 e. The highest BCUT2D eigenvalue weighted by Gasteiger charge is 2.21. The first-order chi connectivity index (χ1) is 12.8. The fourth-order valence-corrected chi connectivity index (χ4v) is 3.78. The molecule has 7 heteroatoms. The van der Waals surface area contributed by atoms with E-state index in [1.807, 2.05) is 6.07 Å². The number of anilines is 1. The van der Waals surface area contributed by atoms with E-state index in [1.165, 1.54) is 31.5 Å². The fourth-order valence-electron chi connectivity index (χ4n) is 3.78. The third-order valence-corrected chi connectivity index (χ3v) is 5.08. The molecule has 1 aliphatic heterocycles. The van der Waals surface area contributed by atoms with Crippen LogP contribution in [-0.2, 0) is 12.8 Å². The van der Waals surface area contributed by atoms with Gasteiger partial charge in [0.2, 0.25) is 5.95 Å². The van der Waals surface area contributed by atoms with Crippen molar-refractivity contribution in [1.82, 2.24) is 14.9 Å². The molecule has 1 saturated heterocycles. The highest BCUT2D eigenvalue weighted by atomic mass is 16.3. The Morgan fingerprint density at radius 2 is 2.12 bits per heavy atom. The minimum absolute atomic E-state index is 0.377. The van der Waals surface area contributed by atoms with Crippen LogP contribution in [0.25, 0.3) is 11.3 Å². The van der Waals surface area contributed by atoms with Crippen molar-refractivity contribution in [3.05, 3.63) is 29.9 Å². The quantitative estimate of drug-likeness (QED) is 0.470. The van der Waals surface area contributed by atoms with E-state index in [0.29, 0.717) is 11.9 Å². The minimum atomic E-state index is 0.377. The molecule has 0 unspecified atom stereocenters. The lowest BCUT2D eigenvalue weighted by molar-refractivity contribution is 0.336. The molecule has 0 atom stereocenters. The molecule has 7 nitrogen and oxygen atoms in total. The highest BCUT2D eigenvalue weighted by molar-refractivity contribution is 5.90. The lowest BCUT2D eigenvalue weighted by atomic mass is 10.1. The van der Waals surface area contributed by atoms with Crippen LogP contribution in [0, 0.1) is 0 Å². The van der Waals surface area contributed by atoms with E-state index in [9.17, 15) is 0 Å². The van der Waals surface area contributed by atoms with Gasteiger partial charge in [0.05, 0.1) is 18.2 Å². The van der Waals surface area contributed by atoms with Gasteiger partial charge in [0, 0.05) is 23.4 Å². The number of guanidine groups is 1. The first-order valence-corrected chi connectivity index (χ1v) is 9.51. The average Bonchev–Trinajstić information content (AvgIpc) is 3.40. The molecule has 2 aromatic rings. The van der Waals surface area contributed by atoms with Gasteiger partial charge in [-0.05, 0) is 64.2 Å². The van der Waals surface area contributed by atoms with Crippen molar-refractivity contribution < 1.29 is 4.42 Å². The van der Waals surface area contributed by atoms with Gasteiger partial charge in [-0.1, -0.05) is 0 Å². The number of nitrogens with zero attached hydrogens (tertiary/aromatic N) is 4. The average molecular weight is 354 g/mol. The molecule has 1 fully saturated rings. The van der Waals surface area contributed by atoms with Crippen molar-refractivity contribution in [2.24, 2.45) is 10.7 Å². The summed E-state index contributed by atoms with van der Waals surface area (Å²) < 4.78 is 5.22. The molecular weight excluding hydrogens is 328 g/mol. The second kappa shape index (κ2) is 7.86. The number of nitrogens with one attached hydrogen (secondary N) is 1. The summed E-state index contributed by atoms with van der Waals surface area (Å²) >= 11 is 0. The van der Waals surface area contributed by atoms with Gasteiger partial charge in [0.1, 0.15) is 0 Å². The molecule has 3 heterocycles. The SMILES string of the molecule is NC(=NCCCN1CCCC1)Nc1nc2c(c(-c3ccoc3)n1)CCC2. The fraction of sp³-hybridized carbons (Fsp3) is 0.526. The summed E-state index contributed by atoms with van der Waals surface area (Å²) in [6.07, 6.45) is 10.2. The third kappa shape index (κ3) is 3.88. The third-order valence-electron chi connectivity index (χ3n) is 5.08. The Morgan fingerprint density at radius 1 is 1.23 bits per heavy atom. The van der Waals surface area contributed by atoms with Crippen molar-refractivity contribution in [1.29, 1.82) is 0 Å². The summed E-state index contributed by atoms with van der Waals surface area (Å²) in [5, 5.41) is 3.06. The number of nitrogens with two attached hydrogens (primary N) is 1. The molecule has 2 aliphatic rings. The van der Waals surface area contributed by atoms with Crippen LogP contribution >= 0.6 is 0 Å². The second-order valence-electron chi connectivity index (χ2n) is 6.98. The molecule has 26 heavy (non-hydrogen) atoms. The first kappa shape index (κ1) is 17.0. The summed E-state index contributed by atoms with van der Waals surface area (Å²) in [6.45, 7) is 4.25. The Labute approximate surface area is 153 Å². The van der Waals surface area contributed by atoms with Crippen LogP contribution in [0.5, 0.6) is 0 Å². The molecule has 0 spiro atoms. The number of hydrogen-bond acceptors (Lipinski definition) is 5. The summed E-state index contributed by atoms with van der Waals surface area (Å²) in [5.74, 6) is 0.894. The molecule has 0 aromatic carbocycles. The van der Waals surface area contributed by atoms with Crippen LogP contribution in [0.3, 0.4) is 0 Å². The topological polar surface area (TPSA) is 92.6 Å². The highest BCUT2D eigenvalue weighted by Crippen LogP contribution is 2.31. The van der Waals surface area contributed by atoms with E-state index in [-0.39, 0.29) is 0 Å². The van der Waals surface area contributed by atoms with Gasteiger partial charge in [0.15, 0.2) is 5.96 Å². The van der Waals surface area contributed by atoms with E-state index >= 15 is 0 Å². The van der Waals surface area contributed by atoms with Crippen molar-refractivity contribution in [2.45, 2.75) is 38.5 Å². The summed E-state index contributed by atoms with van der Waals surface area (Å²) in [6, 6.07) is 1.93. The Hall–Kier alpha value is -2.41. The Morgan fingerprint density at radius 3 is 2.92 bits per heavy atom. The van der Waals surface area contributed by atoms with Crippen LogP contribution < -0.4 is 11.1 Å². The lowest BCUT2D eigenvalue weighted by Crippen LogP contribution is -2.25. The number of hydrogen-bond donors (Lipinski definition) is 2. The van der Waals surface area contributed by atoms with Gasteiger partial charge in [0.25, 0.3) is 0 Å². The van der Waals surface area contributed by atoms with Crippen LogP contribution in [0.1, 0.15) is 36.9 Å². The molecule has 0 amide bonds. The molecule has 4 rings (SSSR count). The van der Waals surface area contributed by atoms with Crippen molar-refractivity contribution in [2.75, 3.05) is 31.5 Å². The van der Waals surface area contributed by atoms with Gasteiger partial charge in [-0.3, -0.25) is 10.3 Å². The Kier molecular flexibility index (Phi) is 5.15. The van der Waals surface area contributed by atoms with Crippen LogP contribution in [0.2, 0.25) is 0 Å². The molecule has 0 bridgehead atoms. The summed E-state index contributed by atoms with van der Waals surface area (Å²) in [5.41, 5.74) is 10.3. The molecule has 0 saturated carbocycles. The number of aryl methyl sites for hydroxylation is 1. The van der Waals surface area contributed by atoms with Gasteiger partial charge < -0.3 is 15.1 Å². The predicted molar refractivity (Wildman–Crippen MR) is 102 cm³/mol. The van der Waals surface area contributed by atoms with Crippen molar-refractivity contribution in [3.63, 3.8) is 0 Å². The Balaban J connectivity index is 1.41. The lowest BCUT2D eigenvalue weighted by Gasteiger charge is -2.13. The summed E-state index contributed by atoms with van der Waals surface area (Å²) in [4.78, 5) is 16.2. The van der Waals surface area contributed by atoms with Crippen molar-refractivity contribution in [3.8, 4) is 11.3 Å². The van der Waals surface area contributed by atoms with Gasteiger partial charge in [-0.25, -0.2) is 9.97 Å². The zero-order chi connectivity index (χ0) is 17.8. The van der Waals surface area contributed by atoms with Crippen molar-refractivity contribution >= 4 is 11.9 Å². The number of likely N-dealkylation sites (tertiary alicyclic amines) is 1. The van der Waals surface area contributed by atoms with Gasteiger partial charge >= 0.3 is 0 Å². The van der Waals surface area contributed by atoms with E-state index in [1.54, 1.807) is 12.5 Å². The number of aliphatic imine (C=N–C) groups is 1. The maximum absolute atomic E-state index is 6.04. The number of aromatic nitrogens is 2. The van der Waals surface area contributed by atoms with E-state index in [2.05, 4.69) is 25.2 Å². The van der Waals surface area contributed by atoms with E-state index < -0.39 is 0 Å². The second-order valence-corrected chi connectivity index (χ2v) is 6.98. The number of furan rings is 1. The molecule has 1 aliphatic carbocycles. The smallest absolute Gasteiger partial charge is 0.230 e. The normalized spacial score (nSPS) is 17.6. The number of fused-ring (bicyclic) bond motifs is 1.